The zero-order chi connectivity index (χ0) is 13.2. The van der Waals surface area contributed by atoms with Gasteiger partial charge in [-0.2, -0.15) is 0 Å². The van der Waals surface area contributed by atoms with Gasteiger partial charge in [-0.1, -0.05) is 12.1 Å². The number of benzene rings is 1. The SMILES string of the molecule is CNC(Cc1ccc(F)cc1)C1CCS(=O)(=O)C1. The fraction of sp³-hybridized carbons (Fsp3) is 0.538. The Morgan fingerprint density at radius 2 is 2.06 bits per heavy atom. The van der Waals surface area contributed by atoms with Crippen LogP contribution in [0.3, 0.4) is 0 Å². The third-order valence-corrected chi connectivity index (χ3v) is 5.37. The third-order valence-electron chi connectivity index (χ3n) is 3.58. The van der Waals surface area contributed by atoms with E-state index in [1.165, 1.54) is 12.1 Å². The lowest BCUT2D eigenvalue weighted by molar-refractivity contribution is 0.403. The number of sulfone groups is 1. The van der Waals surface area contributed by atoms with Gasteiger partial charge in [0, 0.05) is 6.04 Å². The molecule has 0 bridgehead atoms. The molecule has 2 unspecified atom stereocenters. The summed E-state index contributed by atoms with van der Waals surface area (Å²) in [5.41, 5.74) is 1.03. The van der Waals surface area contributed by atoms with Crippen LogP contribution in [0.25, 0.3) is 0 Å². The van der Waals surface area contributed by atoms with Crippen LogP contribution in [-0.2, 0) is 16.3 Å². The lowest BCUT2D eigenvalue weighted by Crippen LogP contribution is -2.36. The maximum atomic E-state index is 12.8. The Bertz CT molecular complexity index is 498. The minimum absolute atomic E-state index is 0.132. The maximum absolute atomic E-state index is 12.8. The molecule has 0 amide bonds. The van der Waals surface area contributed by atoms with Gasteiger partial charge >= 0.3 is 0 Å². The van der Waals surface area contributed by atoms with Crippen molar-refractivity contribution < 1.29 is 12.8 Å². The number of hydrogen-bond acceptors (Lipinski definition) is 3. The molecule has 1 fully saturated rings. The predicted molar refractivity (Wildman–Crippen MR) is 69.7 cm³/mol. The predicted octanol–water partition coefficient (Wildman–Crippen LogP) is 1.39. The Morgan fingerprint density at radius 3 is 2.56 bits per heavy atom. The van der Waals surface area contributed by atoms with Gasteiger partial charge in [0.25, 0.3) is 0 Å². The van der Waals surface area contributed by atoms with E-state index in [4.69, 9.17) is 0 Å². The Kier molecular flexibility index (Phi) is 4.02. The molecule has 0 saturated carbocycles. The molecule has 18 heavy (non-hydrogen) atoms. The molecule has 2 atom stereocenters. The largest absolute Gasteiger partial charge is 0.316 e. The lowest BCUT2D eigenvalue weighted by Gasteiger charge is -2.22. The van der Waals surface area contributed by atoms with Gasteiger partial charge in [-0.3, -0.25) is 0 Å². The highest BCUT2D eigenvalue weighted by atomic mass is 32.2. The number of rotatable bonds is 4. The monoisotopic (exact) mass is 271 g/mol. The molecule has 0 spiro atoms. The zero-order valence-corrected chi connectivity index (χ0v) is 11.2. The second-order valence-corrected chi connectivity index (χ2v) is 7.12. The standard InChI is InChI=1S/C13H18FNO2S/c1-15-13(11-6-7-18(16,17)9-11)8-10-2-4-12(14)5-3-10/h2-5,11,13,15H,6-9H2,1H3. The first-order valence-electron chi connectivity index (χ1n) is 6.12. The van der Waals surface area contributed by atoms with E-state index in [1.54, 1.807) is 12.1 Å². The molecule has 1 aliphatic heterocycles. The van der Waals surface area contributed by atoms with Crippen molar-refractivity contribution in [1.82, 2.24) is 5.32 Å². The number of halogens is 1. The first-order valence-corrected chi connectivity index (χ1v) is 7.94. The van der Waals surface area contributed by atoms with E-state index in [-0.39, 0.29) is 23.5 Å². The van der Waals surface area contributed by atoms with Gasteiger partial charge in [-0.25, -0.2) is 12.8 Å². The minimum Gasteiger partial charge on any atom is -0.316 e. The van der Waals surface area contributed by atoms with Gasteiger partial charge in [0.1, 0.15) is 5.82 Å². The van der Waals surface area contributed by atoms with E-state index in [2.05, 4.69) is 5.32 Å². The topological polar surface area (TPSA) is 46.2 Å². The Balaban J connectivity index is 2.04. The molecule has 0 radical (unpaired) electrons. The van der Waals surface area contributed by atoms with Crippen molar-refractivity contribution in [3.63, 3.8) is 0 Å². The first kappa shape index (κ1) is 13.5. The minimum atomic E-state index is -2.85. The maximum Gasteiger partial charge on any atom is 0.150 e. The van der Waals surface area contributed by atoms with Crippen LogP contribution in [0.15, 0.2) is 24.3 Å². The smallest absolute Gasteiger partial charge is 0.150 e. The summed E-state index contributed by atoms with van der Waals surface area (Å²) >= 11 is 0. The lowest BCUT2D eigenvalue weighted by atomic mass is 9.93. The Morgan fingerprint density at radius 1 is 1.39 bits per heavy atom. The fourth-order valence-corrected chi connectivity index (χ4v) is 4.40. The molecule has 5 heteroatoms. The molecule has 2 rings (SSSR count). The number of hydrogen-bond donors (Lipinski definition) is 1. The zero-order valence-electron chi connectivity index (χ0n) is 10.4. The summed E-state index contributed by atoms with van der Waals surface area (Å²) in [6.45, 7) is 0. The molecule has 3 nitrogen and oxygen atoms in total. The van der Waals surface area contributed by atoms with Gasteiger partial charge < -0.3 is 5.32 Å². The highest BCUT2D eigenvalue weighted by molar-refractivity contribution is 7.91. The molecule has 0 aromatic heterocycles. The average molecular weight is 271 g/mol. The molecule has 1 aromatic rings. The highest BCUT2D eigenvalue weighted by Crippen LogP contribution is 2.23. The number of nitrogens with one attached hydrogen (secondary N) is 1. The van der Waals surface area contributed by atoms with Crippen LogP contribution in [0.5, 0.6) is 0 Å². The average Bonchev–Trinajstić information content (AvgIpc) is 2.69. The van der Waals surface area contributed by atoms with E-state index in [9.17, 15) is 12.8 Å². The molecule has 100 valence electrons. The van der Waals surface area contributed by atoms with E-state index in [0.717, 1.165) is 18.4 Å². The van der Waals surface area contributed by atoms with Gasteiger partial charge in [0.05, 0.1) is 11.5 Å². The molecule has 1 aliphatic rings. The highest BCUT2D eigenvalue weighted by Gasteiger charge is 2.32. The summed E-state index contributed by atoms with van der Waals surface area (Å²) < 4.78 is 35.8. The molecular weight excluding hydrogens is 253 g/mol. The second-order valence-electron chi connectivity index (χ2n) is 4.89. The molecule has 1 N–H and O–H groups in total. The summed E-state index contributed by atoms with van der Waals surface area (Å²) in [6, 6.07) is 6.51. The van der Waals surface area contributed by atoms with Crippen LogP contribution >= 0.6 is 0 Å². The van der Waals surface area contributed by atoms with Crippen LogP contribution in [-0.4, -0.2) is 33.0 Å². The van der Waals surface area contributed by atoms with E-state index in [0.29, 0.717) is 5.75 Å². The van der Waals surface area contributed by atoms with Crippen molar-refractivity contribution >= 4 is 9.84 Å². The van der Waals surface area contributed by atoms with Gasteiger partial charge in [0.2, 0.25) is 0 Å². The van der Waals surface area contributed by atoms with Crippen molar-refractivity contribution in [3.8, 4) is 0 Å². The van der Waals surface area contributed by atoms with E-state index >= 15 is 0 Å². The van der Waals surface area contributed by atoms with Crippen LogP contribution in [0.4, 0.5) is 4.39 Å². The third kappa shape index (κ3) is 3.29. The number of likely N-dealkylation sites (N-methyl/N-ethyl adjacent to an activating group) is 1. The molecule has 0 aliphatic carbocycles. The Hall–Kier alpha value is -0.940. The van der Waals surface area contributed by atoms with Crippen molar-refractivity contribution in [2.75, 3.05) is 18.6 Å². The van der Waals surface area contributed by atoms with Crippen molar-refractivity contribution in [2.45, 2.75) is 18.9 Å². The molecule has 1 saturated heterocycles. The van der Waals surface area contributed by atoms with Gasteiger partial charge in [0.15, 0.2) is 9.84 Å². The Labute approximate surface area is 107 Å². The van der Waals surface area contributed by atoms with Crippen LogP contribution in [0.1, 0.15) is 12.0 Å². The van der Waals surface area contributed by atoms with Crippen molar-refractivity contribution in [2.24, 2.45) is 5.92 Å². The van der Waals surface area contributed by atoms with E-state index < -0.39 is 9.84 Å². The first-order chi connectivity index (χ1) is 8.50. The fourth-order valence-electron chi connectivity index (χ4n) is 2.52. The summed E-state index contributed by atoms with van der Waals surface area (Å²) in [4.78, 5) is 0. The van der Waals surface area contributed by atoms with Crippen LogP contribution in [0.2, 0.25) is 0 Å². The van der Waals surface area contributed by atoms with E-state index in [1.807, 2.05) is 7.05 Å². The van der Waals surface area contributed by atoms with Crippen LogP contribution in [0, 0.1) is 11.7 Å². The molecular formula is C13H18FNO2S. The normalized spacial score (nSPS) is 24.0. The van der Waals surface area contributed by atoms with Gasteiger partial charge in [-0.05, 0) is 43.5 Å². The van der Waals surface area contributed by atoms with Crippen molar-refractivity contribution in [3.05, 3.63) is 35.6 Å². The summed E-state index contributed by atoms with van der Waals surface area (Å²) in [5.74, 6) is 0.465. The van der Waals surface area contributed by atoms with Gasteiger partial charge in [-0.15, -0.1) is 0 Å². The second kappa shape index (κ2) is 5.36. The molecule has 1 heterocycles. The summed E-state index contributed by atoms with van der Waals surface area (Å²) in [5, 5.41) is 3.19. The summed E-state index contributed by atoms with van der Waals surface area (Å²) in [6.07, 6.45) is 1.45. The quantitative estimate of drug-likeness (QED) is 0.900. The van der Waals surface area contributed by atoms with Crippen molar-refractivity contribution in [1.29, 1.82) is 0 Å². The van der Waals surface area contributed by atoms with Crippen LogP contribution < -0.4 is 5.32 Å². The molecule has 1 aromatic carbocycles. The summed E-state index contributed by atoms with van der Waals surface area (Å²) in [7, 11) is -1.00.